The van der Waals surface area contributed by atoms with Crippen LogP contribution >= 0.6 is 0 Å². The summed E-state index contributed by atoms with van der Waals surface area (Å²) >= 11 is 0. The number of allylic oxidation sites excluding steroid dienone is 1. The third-order valence-corrected chi connectivity index (χ3v) is 4.19. The molecule has 1 atom stereocenters. The summed E-state index contributed by atoms with van der Waals surface area (Å²) in [5.41, 5.74) is 4.91. The van der Waals surface area contributed by atoms with Gasteiger partial charge in [-0.1, -0.05) is 60.7 Å². The molecule has 1 aliphatic carbocycles. The van der Waals surface area contributed by atoms with E-state index in [0.29, 0.717) is 0 Å². The Balaban J connectivity index is 1.83. The molecule has 0 radical (unpaired) electrons. The molecule has 22 heavy (non-hydrogen) atoms. The molecule has 1 aromatic heterocycles. The highest BCUT2D eigenvalue weighted by Gasteiger charge is 2.27. The van der Waals surface area contributed by atoms with Gasteiger partial charge in [0.25, 0.3) is 0 Å². The van der Waals surface area contributed by atoms with E-state index in [1.54, 1.807) is 0 Å². The molecular weight excluding hydrogens is 270 g/mol. The first-order valence-electron chi connectivity index (χ1n) is 7.59. The van der Waals surface area contributed by atoms with Crippen LogP contribution in [0.1, 0.15) is 40.8 Å². The highest BCUT2D eigenvalue weighted by atomic mass is 16.4. The maximum absolute atomic E-state index is 5.82. The zero-order valence-electron chi connectivity index (χ0n) is 12.5. The molecule has 0 saturated carbocycles. The lowest BCUT2D eigenvalue weighted by Crippen LogP contribution is -2.08. The molecule has 0 amide bonds. The number of aryl methyl sites for hydroxylation is 1. The zero-order chi connectivity index (χ0) is 14.9. The minimum absolute atomic E-state index is 0.258. The van der Waals surface area contributed by atoms with Crippen LogP contribution in [0.25, 0.3) is 11.6 Å². The highest BCUT2D eigenvalue weighted by molar-refractivity contribution is 5.83. The number of oxazole rings is 1. The molecule has 1 heterocycles. The van der Waals surface area contributed by atoms with Gasteiger partial charge in [0, 0.05) is 12.8 Å². The summed E-state index contributed by atoms with van der Waals surface area (Å²) < 4.78 is 5.82. The molecule has 0 saturated heterocycles. The topological polar surface area (TPSA) is 26.0 Å². The molecule has 4 rings (SSSR count). The van der Waals surface area contributed by atoms with Gasteiger partial charge >= 0.3 is 0 Å². The molecule has 2 aromatic carbocycles. The number of fused-ring (bicyclic) bond motifs is 1. The van der Waals surface area contributed by atoms with Crippen LogP contribution in [0.4, 0.5) is 0 Å². The number of hydrogen-bond donors (Lipinski definition) is 0. The van der Waals surface area contributed by atoms with E-state index in [1.807, 2.05) is 13.0 Å². The molecule has 1 unspecified atom stereocenters. The average Bonchev–Trinajstić information content (AvgIpc) is 2.95. The Hall–Kier alpha value is -2.61. The van der Waals surface area contributed by atoms with Crippen molar-refractivity contribution in [2.75, 3.05) is 0 Å². The lowest BCUT2D eigenvalue weighted by atomic mass is 9.82. The Morgan fingerprint density at radius 3 is 2.36 bits per heavy atom. The monoisotopic (exact) mass is 287 g/mol. The first-order valence-corrected chi connectivity index (χ1v) is 7.59. The molecule has 0 spiro atoms. The van der Waals surface area contributed by atoms with Gasteiger partial charge < -0.3 is 4.42 Å². The summed E-state index contributed by atoms with van der Waals surface area (Å²) in [4.78, 5) is 4.63. The summed E-state index contributed by atoms with van der Waals surface area (Å²) in [5, 5.41) is 0. The van der Waals surface area contributed by atoms with Crippen molar-refractivity contribution in [1.82, 2.24) is 4.98 Å². The van der Waals surface area contributed by atoms with Crippen LogP contribution in [0.3, 0.4) is 0 Å². The lowest BCUT2D eigenvalue weighted by molar-refractivity contribution is 0.510. The van der Waals surface area contributed by atoms with E-state index in [-0.39, 0.29) is 5.92 Å². The van der Waals surface area contributed by atoms with Crippen molar-refractivity contribution in [3.05, 3.63) is 89.1 Å². The van der Waals surface area contributed by atoms with Gasteiger partial charge in [-0.15, -0.1) is 0 Å². The predicted molar refractivity (Wildman–Crippen MR) is 88.5 cm³/mol. The second-order valence-corrected chi connectivity index (χ2v) is 5.69. The van der Waals surface area contributed by atoms with E-state index in [2.05, 4.69) is 65.7 Å². The zero-order valence-corrected chi connectivity index (χ0v) is 12.5. The highest BCUT2D eigenvalue weighted by Crippen LogP contribution is 2.41. The summed E-state index contributed by atoms with van der Waals surface area (Å²) in [5.74, 6) is 1.89. The van der Waals surface area contributed by atoms with E-state index in [1.165, 1.54) is 16.7 Å². The summed E-state index contributed by atoms with van der Waals surface area (Å²) in [6.07, 6.45) is 3.09. The third kappa shape index (κ3) is 2.27. The Kier molecular flexibility index (Phi) is 3.15. The van der Waals surface area contributed by atoms with Crippen LogP contribution in [0.15, 0.2) is 65.1 Å². The van der Waals surface area contributed by atoms with Gasteiger partial charge in [0.05, 0.1) is 5.69 Å². The van der Waals surface area contributed by atoms with Crippen molar-refractivity contribution < 1.29 is 4.42 Å². The van der Waals surface area contributed by atoms with Crippen molar-refractivity contribution in [1.29, 1.82) is 0 Å². The third-order valence-electron chi connectivity index (χ3n) is 4.19. The second-order valence-electron chi connectivity index (χ2n) is 5.69. The van der Waals surface area contributed by atoms with Gasteiger partial charge in [-0.3, -0.25) is 0 Å². The second kappa shape index (κ2) is 5.30. The van der Waals surface area contributed by atoms with E-state index >= 15 is 0 Å². The van der Waals surface area contributed by atoms with Gasteiger partial charge in [0.1, 0.15) is 0 Å². The summed E-state index contributed by atoms with van der Waals surface area (Å²) in [6, 6.07) is 21.1. The van der Waals surface area contributed by atoms with Crippen molar-refractivity contribution in [3.8, 4) is 0 Å². The molecule has 3 aromatic rings. The van der Waals surface area contributed by atoms with Crippen LogP contribution in [-0.2, 0) is 0 Å². The van der Waals surface area contributed by atoms with E-state index in [9.17, 15) is 0 Å². The van der Waals surface area contributed by atoms with Crippen LogP contribution < -0.4 is 0 Å². The minimum atomic E-state index is 0.258. The molecule has 2 heteroatoms. The number of benzene rings is 2. The largest absolute Gasteiger partial charge is 0.441 e. The molecule has 0 bridgehead atoms. The van der Waals surface area contributed by atoms with Gasteiger partial charge in [0.15, 0.2) is 11.7 Å². The number of rotatable bonds is 2. The Morgan fingerprint density at radius 2 is 1.64 bits per heavy atom. The van der Waals surface area contributed by atoms with Crippen LogP contribution in [0.5, 0.6) is 0 Å². The molecule has 0 N–H and O–H groups in total. The minimum Gasteiger partial charge on any atom is -0.441 e. The maximum Gasteiger partial charge on any atom is 0.192 e. The van der Waals surface area contributed by atoms with Crippen LogP contribution in [-0.4, -0.2) is 4.98 Å². The van der Waals surface area contributed by atoms with Gasteiger partial charge in [0.2, 0.25) is 0 Å². The lowest BCUT2D eigenvalue weighted by Gasteiger charge is -2.22. The first kappa shape index (κ1) is 13.1. The Bertz CT molecular complexity index is 815. The molecular formula is C20H17NO. The predicted octanol–water partition coefficient (Wildman–Crippen LogP) is 5.06. The normalized spacial score (nSPS) is 17.0. The van der Waals surface area contributed by atoms with Crippen molar-refractivity contribution in [2.45, 2.75) is 19.3 Å². The van der Waals surface area contributed by atoms with E-state index in [0.717, 1.165) is 23.8 Å². The fourth-order valence-electron chi connectivity index (χ4n) is 3.16. The smallest absolute Gasteiger partial charge is 0.192 e. The fraction of sp³-hybridized carbons (Fsp3) is 0.150. The standard InChI is InChI=1S/C20H17NO/c1-14-21-20-18(16-10-6-3-7-11-16)12-17(13-19(20)22-14)15-8-4-2-5-9-15/h2-11,13,18H,12H2,1H3. The van der Waals surface area contributed by atoms with Crippen molar-refractivity contribution in [2.24, 2.45) is 0 Å². The first-order chi connectivity index (χ1) is 10.8. The van der Waals surface area contributed by atoms with Crippen LogP contribution in [0.2, 0.25) is 0 Å². The molecule has 108 valence electrons. The molecule has 2 nitrogen and oxygen atoms in total. The van der Waals surface area contributed by atoms with Crippen molar-refractivity contribution in [3.63, 3.8) is 0 Å². The number of aromatic nitrogens is 1. The number of hydrogen-bond acceptors (Lipinski definition) is 2. The van der Waals surface area contributed by atoms with Gasteiger partial charge in [-0.05, 0) is 29.2 Å². The molecule has 0 fully saturated rings. The average molecular weight is 287 g/mol. The number of nitrogens with zero attached hydrogens (tertiary/aromatic N) is 1. The summed E-state index contributed by atoms with van der Waals surface area (Å²) in [6.45, 7) is 1.91. The summed E-state index contributed by atoms with van der Waals surface area (Å²) in [7, 11) is 0. The van der Waals surface area contributed by atoms with Gasteiger partial charge in [-0.25, -0.2) is 4.98 Å². The molecule has 0 aliphatic heterocycles. The fourth-order valence-corrected chi connectivity index (χ4v) is 3.16. The maximum atomic E-state index is 5.82. The van der Waals surface area contributed by atoms with Crippen molar-refractivity contribution >= 4 is 11.6 Å². The SMILES string of the molecule is Cc1nc2c(o1)C=C(c1ccccc1)CC2c1ccccc1. The quantitative estimate of drug-likeness (QED) is 0.658. The van der Waals surface area contributed by atoms with Gasteiger partial charge in [-0.2, -0.15) is 0 Å². The van der Waals surface area contributed by atoms with Crippen LogP contribution in [0, 0.1) is 6.92 Å². The molecule has 1 aliphatic rings. The van der Waals surface area contributed by atoms with E-state index in [4.69, 9.17) is 4.42 Å². The Labute approximate surface area is 130 Å². The van der Waals surface area contributed by atoms with E-state index < -0.39 is 0 Å². The Morgan fingerprint density at radius 1 is 0.955 bits per heavy atom.